The highest BCUT2D eigenvalue weighted by molar-refractivity contribution is 8.18. The highest BCUT2D eigenvalue weighted by Crippen LogP contribution is 2.33. The van der Waals surface area contributed by atoms with Crippen LogP contribution in [0.4, 0.5) is 16.2 Å². The van der Waals surface area contributed by atoms with Gasteiger partial charge in [-0.3, -0.25) is 24.6 Å². The zero-order valence-corrected chi connectivity index (χ0v) is 17.0. The minimum Gasteiger partial charge on any atom is -0.372 e. The number of benzene rings is 2. The normalized spacial score (nSPS) is 15.2. The van der Waals surface area contributed by atoms with Gasteiger partial charge in [-0.25, -0.2) is 0 Å². The van der Waals surface area contributed by atoms with Gasteiger partial charge < -0.3 is 4.90 Å². The lowest BCUT2D eigenvalue weighted by molar-refractivity contribution is -0.384. The summed E-state index contributed by atoms with van der Waals surface area (Å²) in [6.07, 6.45) is 1.72. The number of nitrogens with zero attached hydrogens (tertiary/aromatic N) is 3. The highest BCUT2D eigenvalue weighted by atomic mass is 32.2. The molecule has 8 heteroatoms. The number of non-ortho nitro benzene ring substituents is 1. The fraction of sp³-hybridized carbons (Fsp3) is 0.238. The molecule has 150 valence electrons. The Kier molecular flexibility index (Phi) is 6.33. The maximum absolute atomic E-state index is 12.7. The fourth-order valence-electron chi connectivity index (χ4n) is 3.06. The first-order valence-electron chi connectivity index (χ1n) is 9.26. The van der Waals surface area contributed by atoms with Crippen molar-refractivity contribution in [3.05, 3.63) is 74.7 Å². The molecular formula is C21H21N3O4S. The molecule has 2 amide bonds. The summed E-state index contributed by atoms with van der Waals surface area (Å²) in [4.78, 5) is 39.0. The Labute approximate surface area is 173 Å². The largest absolute Gasteiger partial charge is 0.372 e. The molecule has 0 radical (unpaired) electrons. The minimum atomic E-state index is -0.488. The molecule has 0 unspecified atom stereocenters. The number of thioether (sulfide) groups is 1. The zero-order valence-electron chi connectivity index (χ0n) is 16.2. The molecule has 1 aliphatic heterocycles. The summed E-state index contributed by atoms with van der Waals surface area (Å²) in [7, 11) is 0. The zero-order chi connectivity index (χ0) is 21.0. The monoisotopic (exact) mass is 411 g/mol. The number of hydrogen-bond donors (Lipinski definition) is 0. The number of nitro benzene ring substituents is 1. The van der Waals surface area contributed by atoms with Gasteiger partial charge in [0.2, 0.25) is 0 Å². The molecule has 3 rings (SSSR count). The van der Waals surface area contributed by atoms with Gasteiger partial charge in [0.15, 0.2) is 0 Å². The highest BCUT2D eigenvalue weighted by Gasteiger charge is 2.35. The Morgan fingerprint density at radius 1 is 1.03 bits per heavy atom. The molecule has 1 saturated heterocycles. The van der Waals surface area contributed by atoms with E-state index in [0.717, 1.165) is 41.0 Å². The Morgan fingerprint density at radius 2 is 1.66 bits per heavy atom. The number of carbonyl (C=O) groups is 2. The lowest BCUT2D eigenvalue weighted by Crippen LogP contribution is -2.27. The van der Waals surface area contributed by atoms with Crippen LogP contribution in [0, 0.1) is 10.1 Å². The quantitative estimate of drug-likeness (QED) is 0.374. The van der Waals surface area contributed by atoms with Crippen molar-refractivity contribution in [1.29, 1.82) is 0 Å². The van der Waals surface area contributed by atoms with Crippen LogP contribution in [0.15, 0.2) is 53.4 Å². The van der Waals surface area contributed by atoms with E-state index < -0.39 is 4.92 Å². The van der Waals surface area contributed by atoms with Crippen LogP contribution < -0.4 is 4.90 Å². The second kappa shape index (κ2) is 8.91. The number of imide groups is 1. The molecule has 1 aliphatic rings. The fourth-order valence-corrected chi connectivity index (χ4v) is 3.90. The molecule has 0 bridgehead atoms. The lowest BCUT2D eigenvalue weighted by atomic mass is 10.1. The third kappa shape index (κ3) is 4.65. The number of rotatable bonds is 7. The Morgan fingerprint density at radius 3 is 2.21 bits per heavy atom. The van der Waals surface area contributed by atoms with Gasteiger partial charge >= 0.3 is 0 Å². The first kappa shape index (κ1) is 20.6. The Hall–Kier alpha value is -3.13. The summed E-state index contributed by atoms with van der Waals surface area (Å²) in [6, 6.07) is 13.7. The van der Waals surface area contributed by atoms with Crippen LogP contribution in [-0.4, -0.2) is 34.1 Å². The average Bonchev–Trinajstić information content (AvgIpc) is 2.98. The summed E-state index contributed by atoms with van der Waals surface area (Å²) < 4.78 is 0. The van der Waals surface area contributed by atoms with E-state index in [0.29, 0.717) is 10.5 Å². The standard InChI is InChI=1S/C21H21N3O4S/c1-3-22(4-2)17-9-5-15(6-10-17)13-19-20(25)23(21(26)29-19)14-16-7-11-18(12-8-16)24(27)28/h5-13H,3-4,14H2,1-2H3. The van der Waals surface area contributed by atoms with Gasteiger partial charge in [-0.05, 0) is 54.9 Å². The Balaban J connectivity index is 1.73. The van der Waals surface area contributed by atoms with Crippen LogP contribution in [0.5, 0.6) is 0 Å². The van der Waals surface area contributed by atoms with Crippen LogP contribution in [0.1, 0.15) is 25.0 Å². The van der Waals surface area contributed by atoms with E-state index in [1.54, 1.807) is 18.2 Å². The van der Waals surface area contributed by atoms with Crippen molar-refractivity contribution in [3.8, 4) is 0 Å². The molecule has 2 aromatic carbocycles. The van der Waals surface area contributed by atoms with Gasteiger partial charge in [0, 0.05) is 30.9 Å². The Bertz CT molecular complexity index is 951. The van der Waals surface area contributed by atoms with Crippen LogP contribution in [0.25, 0.3) is 6.08 Å². The van der Waals surface area contributed by atoms with E-state index in [1.807, 2.05) is 24.3 Å². The first-order chi connectivity index (χ1) is 13.9. The van der Waals surface area contributed by atoms with Crippen molar-refractivity contribution in [2.24, 2.45) is 0 Å². The third-order valence-electron chi connectivity index (χ3n) is 4.68. The van der Waals surface area contributed by atoms with E-state index in [4.69, 9.17) is 0 Å². The molecule has 1 fully saturated rings. The first-order valence-corrected chi connectivity index (χ1v) is 10.1. The second-order valence-electron chi connectivity index (χ2n) is 6.46. The minimum absolute atomic E-state index is 0.0315. The maximum Gasteiger partial charge on any atom is 0.293 e. The summed E-state index contributed by atoms with van der Waals surface area (Å²) in [5.41, 5.74) is 2.58. The molecule has 0 atom stereocenters. The van der Waals surface area contributed by atoms with E-state index >= 15 is 0 Å². The average molecular weight is 411 g/mol. The van der Waals surface area contributed by atoms with Crippen LogP contribution >= 0.6 is 11.8 Å². The number of hydrogen-bond acceptors (Lipinski definition) is 6. The van der Waals surface area contributed by atoms with Crippen LogP contribution in [-0.2, 0) is 11.3 Å². The van der Waals surface area contributed by atoms with Gasteiger partial charge in [0.1, 0.15) is 0 Å². The molecular weight excluding hydrogens is 390 g/mol. The van der Waals surface area contributed by atoms with Gasteiger partial charge in [-0.2, -0.15) is 0 Å². The van der Waals surface area contributed by atoms with Crippen LogP contribution in [0.3, 0.4) is 0 Å². The van der Waals surface area contributed by atoms with Crippen molar-refractivity contribution in [2.45, 2.75) is 20.4 Å². The van der Waals surface area contributed by atoms with Crippen molar-refractivity contribution in [3.63, 3.8) is 0 Å². The molecule has 1 heterocycles. The van der Waals surface area contributed by atoms with E-state index in [-0.39, 0.29) is 23.4 Å². The maximum atomic E-state index is 12.7. The summed E-state index contributed by atoms with van der Waals surface area (Å²) in [5.74, 6) is -0.355. The molecule has 0 aromatic heterocycles. The number of amides is 2. The number of anilines is 1. The third-order valence-corrected chi connectivity index (χ3v) is 5.59. The van der Waals surface area contributed by atoms with E-state index in [2.05, 4.69) is 18.7 Å². The van der Waals surface area contributed by atoms with Crippen molar-refractivity contribution in [2.75, 3.05) is 18.0 Å². The van der Waals surface area contributed by atoms with E-state index in [9.17, 15) is 19.7 Å². The molecule has 7 nitrogen and oxygen atoms in total. The predicted octanol–water partition coefficient (Wildman–Crippen LogP) is 4.68. The smallest absolute Gasteiger partial charge is 0.293 e. The molecule has 0 spiro atoms. The summed E-state index contributed by atoms with van der Waals surface area (Å²) >= 11 is 0.903. The molecule has 0 aliphatic carbocycles. The van der Waals surface area contributed by atoms with Crippen LogP contribution in [0.2, 0.25) is 0 Å². The second-order valence-corrected chi connectivity index (χ2v) is 7.45. The lowest BCUT2D eigenvalue weighted by Gasteiger charge is -2.20. The summed E-state index contributed by atoms with van der Waals surface area (Å²) in [6.45, 7) is 6.10. The van der Waals surface area contributed by atoms with Gasteiger partial charge in [-0.1, -0.05) is 24.3 Å². The van der Waals surface area contributed by atoms with Crippen molar-refractivity contribution in [1.82, 2.24) is 4.90 Å². The van der Waals surface area contributed by atoms with Gasteiger partial charge in [-0.15, -0.1) is 0 Å². The van der Waals surface area contributed by atoms with Crippen molar-refractivity contribution < 1.29 is 14.5 Å². The topological polar surface area (TPSA) is 83.8 Å². The summed E-state index contributed by atoms with van der Waals surface area (Å²) in [5, 5.41) is 10.4. The number of nitro groups is 1. The van der Waals surface area contributed by atoms with Gasteiger partial charge in [0.25, 0.3) is 16.8 Å². The molecule has 0 saturated carbocycles. The SMILES string of the molecule is CCN(CC)c1ccc(C=C2SC(=O)N(Cc3ccc([N+](=O)[O-])cc3)C2=O)cc1. The molecule has 0 N–H and O–H groups in total. The number of carbonyl (C=O) groups excluding carboxylic acids is 2. The van der Waals surface area contributed by atoms with Gasteiger partial charge in [0.05, 0.1) is 16.4 Å². The molecule has 2 aromatic rings. The van der Waals surface area contributed by atoms with Crippen molar-refractivity contribution >= 4 is 40.4 Å². The predicted molar refractivity (Wildman–Crippen MR) is 115 cm³/mol. The molecule has 29 heavy (non-hydrogen) atoms. The van der Waals surface area contributed by atoms with E-state index in [1.165, 1.54) is 12.1 Å².